The smallest absolute Gasteiger partial charge is 0.0408 e. The molecule has 0 amide bonds. The van der Waals surface area contributed by atoms with Crippen molar-refractivity contribution < 1.29 is 0 Å². The highest BCUT2D eigenvalue weighted by atomic mass is 35.5. The number of aryl methyl sites for hydroxylation is 1. The fraction of sp³-hybridized carbons (Fsp3) is 0.625. The molecule has 0 saturated carbocycles. The summed E-state index contributed by atoms with van der Waals surface area (Å²) in [6.45, 7) is 7.92. The molecule has 0 bridgehead atoms. The van der Waals surface area contributed by atoms with Gasteiger partial charge in [-0.15, -0.1) is 0 Å². The summed E-state index contributed by atoms with van der Waals surface area (Å²) < 4.78 is 0. The second kappa shape index (κ2) is 8.55. The third-order valence-electron chi connectivity index (χ3n) is 3.11. The van der Waals surface area contributed by atoms with E-state index in [9.17, 15) is 0 Å². The maximum absolute atomic E-state index is 6.01. The van der Waals surface area contributed by atoms with Gasteiger partial charge in [0.1, 0.15) is 0 Å². The van der Waals surface area contributed by atoms with E-state index < -0.39 is 0 Å². The molecule has 0 radical (unpaired) electrons. The van der Waals surface area contributed by atoms with Gasteiger partial charge in [-0.2, -0.15) is 0 Å². The fourth-order valence-electron chi connectivity index (χ4n) is 2.25. The lowest BCUT2D eigenvalue weighted by Gasteiger charge is -2.20. The van der Waals surface area contributed by atoms with Crippen LogP contribution in [0.1, 0.15) is 45.6 Å². The van der Waals surface area contributed by atoms with E-state index in [-0.39, 0.29) is 0 Å². The van der Waals surface area contributed by atoms with Crippen LogP contribution in [0.3, 0.4) is 0 Å². The average molecular weight is 268 g/mol. The van der Waals surface area contributed by atoms with Gasteiger partial charge < -0.3 is 5.32 Å². The molecule has 0 spiro atoms. The van der Waals surface area contributed by atoms with E-state index in [0.29, 0.717) is 6.04 Å². The Morgan fingerprint density at radius 2 is 2.06 bits per heavy atom. The second-order valence-corrected chi connectivity index (χ2v) is 5.89. The fourth-order valence-corrected chi connectivity index (χ4v) is 2.47. The van der Waals surface area contributed by atoms with Crippen LogP contribution < -0.4 is 5.32 Å². The van der Waals surface area contributed by atoms with E-state index in [1.807, 2.05) is 12.1 Å². The summed E-state index contributed by atoms with van der Waals surface area (Å²) in [6.07, 6.45) is 4.75. The van der Waals surface area contributed by atoms with E-state index in [1.165, 1.54) is 24.8 Å². The molecule has 1 atom stereocenters. The zero-order valence-electron chi connectivity index (χ0n) is 11.9. The topological polar surface area (TPSA) is 12.0 Å². The zero-order chi connectivity index (χ0) is 13.4. The van der Waals surface area contributed by atoms with Crippen LogP contribution in [0.5, 0.6) is 0 Å². The Morgan fingerprint density at radius 1 is 1.28 bits per heavy atom. The van der Waals surface area contributed by atoms with E-state index in [1.54, 1.807) is 0 Å². The molecule has 0 heterocycles. The number of benzene rings is 1. The first-order chi connectivity index (χ1) is 8.61. The maximum atomic E-state index is 6.01. The van der Waals surface area contributed by atoms with E-state index in [2.05, 4.69) is 38.2 Å². The van der Waals surface area contributed by atoms with Crippen molar-refractivity contribution in [2.45, 2.75) is 52.5 Å². The summed E-state index contributed by atoms with van der Waals surface area (Å²) in [5.41, 5.74) is 1.34. The number of nitrogens with one attached hydrogen (secondary N) is 1. The van der Waals surface area contributed by atoms with Gasteiger partial charge >= 0.3 is 0 Å². The highest BCUT2D eigenvalue weighted by Gasteiger charge is 2.10. The van der Waals surface area contributed by atoms with Crippen molar-refractivity contribution in [3.63, 3.8) is 0 Å². The normalized spacial score (nSPS) is 12.9. The van der Waals surface area contributed by atoms with E-state index in [4.69, 9.17) is 11.6 Å². The van der Waals surface area contributed by atoms with Gasteiger partial charge in [0.25, 0.3) is 0 Å². The third-order valence-corrected chi connectivity index (χ3v) is 3.34. The Morgan fingerprint density at radius 3 is 2.67 bits per heavy atom. The van der Waals surface area contributed by atoms with Gasteiger partial charge in [0.05, 0.1) is 0 Å². The maximum Gasteiger partial charge on any atom is 0.0408 e. The SMILES string of the molecule is CCCNC(CCc1cccc(Cl)c1)CC(C)C. The minimum absolute atomic E-state index is 0.629. The Balaban J connectivity index is 2.44. The van der Waals surface area contributed by atoms with E-state index >= 15 is 0 Å². The molecule has 1 nitrogen and oxygen atoms in total. The molecule has 18 heavy (non-hydrogen) atoms. The minimum atomic E-state index is 0.629. The van der Waals surface area contributed by atoms with Crippen LogP contribution in [0.25, 0.3) is 0 Å². The molecule has 2 heteroatoms. The van der Waals surface area contributed by atoms with Crippen LogP contribution in [0.2, 0.25) is 5.02 Å². The zero-order valence-corrected chi connectivity index (χ0v) is 12.6. The standard InChI is InChI=1S/C16H26ClN/c1-4-10-18-16(11-13(2)3)9-8-14-6-5-7-15(17)12-14/h5-7,12-13,16,18H,4,8-11H2,1-3H3. The molecule has 1 rings (SSSR count). The Kier molecular flexibility index (Phi) is 7.38. The van der Waals surface area contributed by atoms with E-state index in [0.717, 1.165) is 23.9 Å². The quantitative estimate of drug-likeness (QED) is 0.721. The van der Waals surface area contributed by atoms with Crippen molar-refractivity contribution in [3.8, 4) is 0 Å². The van der Waals surface area contributed by atoms with Gasteiger partial charge in [0, 0.05) is 11.1 Å². The molecule has 0 aliphatic rings. The molecular weight excluding hydrogens is 242 g/mol. The molecule has 1 N–H and O–H groups in total. The summed E-state index contributed by atoms with van der Waals surface area (Å²) in [7, 11) is 0. The molecule has 0 aromatic heterocycles. The van der Waals surface area contributed by atoms with Crippen LogP contribution in [0.4, 0.5) is 0 Å². The number of hydrogen-bond acceptors (Lipinski definition) is 1. The van der Waals surface area contributed by atoms with Crippen LogP contribution in [-0.2, 0) is 6.42 Å². The Hall–Kier alpha value is -0.530. The molecular formula is C16H26ClN. The van der Waals surface area contributed by atoms with Crippen molar-refractivity contribution in [1.82, 2.24) is 5.32 Å². The van der Waals surface area contributed by atoms with Crippen LogP contribution >= 0.6 is 11.6 Å². The Bertz CT molecular complexity index is 336. The third kappa shape index (κ3) is 6.42. The number of rotatable bonds is 8. The molecule has 1 aromatic carbocycles. The number of hydrogen-bond donors (Lipinski definition) is 1. The highest BCUT2D eigenvalue weighted by Crippen LogP contribution is 2.15. The lowest BCUT2D eigenvalue weighted by atomic mass is 9.97. The van der Waals surface area contributed by atoms with Gasteiger partial charge in [0.2, 0.25) is 0 Å². The predicted molar refractivity (Wildman–Crippen MR) is 81.3 cm³/mol. The van der Waals surface area contributed by atoms with Gasteiger partial charge in [0.15, 0.2) is 0 Å². The van der Waals surface area contributed by atoms with Crippen molar-refractivity contribution in [3.05, 3.63) is 34.9 Å². The lowest BCUT2D eigenvalue weighted by Crippen LogP contribution is -2.31. The van der Waals surface area contributed by atoms with Crippen molar-refractivity contribution >= 4 is 11.6 Å². The van der Waals surface area contributed by atoms with Gasteiger partial charge in [-0.25, -0.2) is 0 Å². The predicted octanol–water partition coefficient (Wildman–Crippen LogP) is 4.69. The van der Waals surface area contributed by atoms with Gasteiger partial charge in [-0.05, 0) is 55.8 Å². The van der Waals surface area contributed by atoms with Crippen LogP contribution in [0, 0.1) is 5.92 Å². The summed E-state index contributed by atoms with van der Waals surface area (Å²) in [5, 5.41) is 4.49. The molecule has 1 aromatic rings. The first kappa shape index (κ1) is 15.5. The van der Waals surface area contributed by atoms with Gasteiger partial charge in [-0.1, -0.05) is 44.5 Å². The molecule has 0 aliphatic heterocycles. The van der Waals surface area contributed by atoms with Gasteiger partial charge in [-0.3, -0.25) is 0 Å². The lowest BCUT2D eigenvalue weighted by molar-refractivity contribution is 0.398. The summed E-state index contributed by atoms with van der Waals surface area (Å²) in [6, 6.07) is 8.84. The summed E-state index contributed by atoms with van der Waals surface area (Å²) in [4.78, 5) is 0. The molecule has 102 valence electrons. The number of halogens is 1. The molecule has 0 saturated heterocycles. The van der Waals surface area contributed by atoms with Crippen molar-refractivity contribution in [2.75, 3.05) is 6.54 Å². The first-order valence-corrected chi connectivity index (χ1v) is 7.47. The first-order valence-electron chi connectivity index (χ1n) is 7.09. The second-order valence-electron chi connectivity index (χ2n) is 5.45. The van der Waals surface area contributed by atoms with Crippen LogP contribution in [-0.4, -0.2) is 12.6 Å². The monoisotopic (exact) mass is 267 g/mol. The molecule has 1 unspecified atom stereocenters. The summed E-state index contributed by atoms with van der Waals surface area (Å²) in [5.74, 6) is 0.749. The van der Waals surface area contributed by atoms with Crippen molar-refractivity contribution in [2.24, 2.45) is 5.92 Å². The molecule has 0 fully saturated rings. The Labute approximate surface area is 117 Å². The highest BCUT2D eigenvalue weighted by molar-refractivity contribution is 6.30. The summed E-state index contributed by atoms with van der Waals surface area (Å²) >= 11 is 6.01. The van der Waals surface area contributed by atoms with Crippen molar-refractivity contribution in [1.29, 1.82) is 0 Å². The van der Waals surface area contributed by atoms with Crippen LogP contribution in [0.15, 0.2) is 24.3 Å². The molecule has 0 aliphatic carbocycles. The minimum Gasteiger partial charge on any atom is -0.314 e. The largest absolute Gasteiger partial charge is 0.314 e. The average Bonchev–Trinajstić information content (AvgIpc) is 2.32.